The SMILES string of the molecule is COc1cc(F)c(S(=O)(=O)NCCCN)cc1OC. The lowest BCUT2D eigenvalue weighted by Gasteiger charge is -2.12. The van der Waals surface area contributed by atoms with Gasteiger partial charge in [0.2, 0.25) is 10.0 Å². The van der Waals surface area contributed by atoms with Gasteiger partial charge in [-0.05, 0) is 13.0 Å². The van der Waals surface area contributed by atoms with E-state index in [-0.39, 0.29) is 18.0 Å². The molecule has 0 aromatic heterocycles. The Kier molecular flexibility index (Phi) is 5.52. The number of nitrogens with one attached hydrogen (secondary N) is 1. The molecule has 0 saturated carbocycles. The minimum atomic E-state index is -3.94. The van der Waals surface area contributed by atoms with E-state index in [0.717, 1.165) is 12.1 Å². The van der Waals surface area contributed by atoms with Crippen LogP contribution >= 0.6 is 0 Å². The molecular formula is C11H17FN2O4S. The summed E-state index contributed by atoms with van der Waals surface area (Å²) in [6, 6.07) is 2.05. The van der Waals surface area contributed by atoms with Crippen LogP contribution in [-0.4, -0.2) is 35.7 Å². The molecular weight excluding hydrogens is 275 g/mol. The Morgan fingerprint density at radius 1 is 1.26 bits per heavy atom. The summed E-state index contributed by atoms with van der Waals surface area (Å²) in [5.74, 6) is -0.637. The minimum absolute atomic E-state index is 0.126. The fourth-order valence-electron chi connectivity index (χ4n) is 1.43. The molecule has 0 aliphatic rings. The average molecular weight is 292 g/mol. The van der Waals surface area contributed by atoms with Crippen molar-refractivity contribution in [3.8, 4) is 11.5 Å². The molecule has 0 bridgehead atoms. The van der Waals surface area contributed by atoms with Gasteiger partial charge in [-0.2, -0.15) is 0 Å². The molecule has 0 spiro atoms. The molecule has 1 rings (SSSR count). The minimum Gasteiger partial charge on any atom is -0.493 e. The van der Waals surface area contributed by atoms with Crippen LogP contribution in [0.1, 0.15) is 6.42 Å². The van der Waals surface area contributed by atoms with E-state index in [1.54, 1.807) is 0 Å². The Labute approximate surface area is 111 Å². The standard InChI is InChI=1S/C11H17FN2O4S/c1-17-9-6-8(12)11(7-10(9)18-2)19(15,16)14-5-3-4-13/h6-7,14H,3-5,13H2,1-2H3. The summed E-state index contributed by atoms with van der Waals surface area (Å²) in [5, 5.41) is 0. The Hall–Kier alpha value is -1.38. The van der Waals surface area contributed by atoms with Gasteiger partial charge in [0.05, 0.1) is 14.2 Å². The number of hydrogen-bond acceptors (Lipinski definition) is 5. The lowest BCUT2D eigenvalue weighted by Crippen LogP contribution is -2.27. The highest BCUT2D eigenvalue weighted by Gasteiger charge is 2.22. The van der Waals surface area contributed by atoms with Crippen molar-refractivity contribution in [3.05, 3.63) is 17.9 Å². The van der Waals surface area contributed by atoms with Crippen molar-refractivity contribution in [1.29, 1.82) is 0 Å². The zero-order valence-electron chi connectivity index (χ0n) is 10.8. The van der Waals surface area contributed by atoms with Crippen LogP contribution < -0.4 is 19.9 Å². The Morgan fingerprint density at radius 3 is 2.37 bits per heavy atom. The third kappa shape index (κ3) is 3.79. The molecule has 108 valence electrons. The van der Waals surface area contributed by atoms with Crippen molar-refractivity contribution in [2.45, 2.75) is 11.3 Å². The van der Waals surface area contributed by atoms with Gasteiger partial charge in [0.15, 0.2) is 11.5 Å². The van der Waals surface area contributed by atoms with Crippen molar-refractivity contribution < 1.29 is 22.3 Å². The Balaban J connectivity index is 3.12. The zero-order chi connectivity index (χ0) is 14.5. The van der Waals surface area contributed by atoms with Gasteiger partial charge < -0.3 is 15.2 Å². The number of ether oxygens (including phenoxy) is 2. The van der Waals surface area contributed by atoms with E-state index in [1.165, 1.54) is 14.2 Å². The third-order valence-electron chi connectivity index (χ3n) is 2.40. The topological polar surface area (TPSA) is 90.7 Å². The van der Waals surface area contributed by atoms with Crippen molar-refractivity contribution in [3.63, 3.8) is 0 Å². The maximum absolute atomic E-state index is 13.8. The molecule has 0 unspecified atom stereocenters. The number of benzene rings is 1. The van der Waals surface area contributed by atoms with Gasteiger partial charge in [0.25, 0.3) is 0 Å². The van der Waals surface area contributed by atoms with Gasteiger partial charge in [-0.3, -0.25) is 0 Å². The Bertz CT molecular complexity index is 534. The van der Waals surface area contributed by atoms with Crippen LogP contribution in [0.2, 0.25) is 0 Å². The first kappa shape index (κ1) is 15.7. The van der Waals surface area contributed by atoms with Gasteiger partial charge >= 0.3 is 0 Å². The highest BCUT2D eigenvalue weighted by molar-refractivity contribution is 7.89. The summed E-state index contributed by atoms with van der Waals surface area (Å²) < 4.78 is 49.7. The number of nitrogens with two attached hydrogens (primary N) is 1. The number of halogens is 1. The molecule has 3 N–H and O–H groups in total. The molecule has 6 nitrogen and oxygen atoms in total. The first-order valence-corrected chi connectivity index (χ1v) is 7.05. The summed E-state index contributed by atoms with van der Waals surface area (Å²) in [6.07, 6.45) is 0.466. The van der Waals surface area contributed by atoms with E-state index in [2.05, 4.69) is 4.72 Å². The lowest BCUT2D eigenvalue weighted by atomic mass is 10.3. The van der Waals surface area contributed by atoms with Gasteiger partial charge in [0, 0.05) is 18.7 Å². The molecule has 0 amide bonds. The molecule has 19 heavy (non-hydrogen) atoms. The van der Waals surface area contributed by atoms with E-state index >= 15 is 0 Å². The van der Waals surface area contributed by atoms with Crippen LogP contribution in [0.3, 0.4) is 0 Å². The monoisotopic (exact) mass is 292 g/mol. The smallest absolute Gasteiger partial charge is 0.243 e. The highest BCUT2D eigenvalue weighted by Crippen LogP contribution is 2.31. The zero-order valence-corrected chi connectivity index (χ0v) is 11.6. The largest absolute Gasteiger partial charge is 0.493 e. The predicted molar refractivity (Wildman–Crippen MR) is 68.4 cm³/mol. The van der Waals surface area contributed by atoms with E-state index < -0.39 is 20.7 Å². The number of hydrogen-bond donors (Lipinski definition) is 2. The highest BCUT2D eigenvalue weighted by atomic mass is 32.2. The third-order valence-corrected chi connectivity index (χ3v) is 3.88. The molecule has 1 aromatic carbocycles. The Morgan fingerprint density at radius 2 is 1.84 bits per heavy atom. The number of methoxy groups -OCH3 is 2. The average Bonchev–Trinajstić information content (AvgIpc) is 2.38. The summed E-state index contributed by atoms with van der Waals surface area (Å²) in [7, 11) is -1.26. The van der Waals surface area contributed by atoms with Crippen LogP contribution in [0.25, 0.3) is 0 Å². The lowest BCUT2D eigenvalue weighted by molar-refractivity contribution is 0.350. The predicted octanol–water partition coefficient (Wildman–Crippen LogP) is 0.470. The second-order valence-electron chi connectivity index (χ2n) is 3.68. The van der Waals surface area contributed by atoms with Crippen LogP contribution in [0, 0.1) is 5.82 Å². The molecule has 1 aromatic rings. The summed E-state index contributed by atoms with van der Waals surface area (Å²) in [5.41, 5.74) is 5.26. The molecule has 0 atom stereocenters. The molecule has 0 aliphatic carbocycles. The van der Waals surface area contributed by atoms with E-state index in [1.807, 2.05) is 0 Å². The fraction of sp³-hybridized carbons (Fsp3) is 0.455. The second kappa shape index (κ2) is 6.69. The van der Waals surface area contributed by atoms with Crippen molar-refractivity contribution >= 4 is 10.0 Å². The maximum atomic E-state index is 13.8. The van der Waals surface area contributed by atoms with Crippen molar-refractivity contribution in [2.24, 2.45) is 5.73 Å². The van der Waals surface area contributed by atoms with Crippen molar-refractivity contribution in [1.82, 2.24) is 4.72 Å². The fourth-order valence-corrected chi connectivity index (χ4v) is 2.57. The van der Waals surface area contributed by atoms with Gasteiger partial charge in [0.1, 0.15) is 10.7 Å². The maximum Gasteiger partial charge on any atom is 0.243 e. The molecule has 0 saturated heterocycles. The van der Waals surface area contributed by atoms with Gasteiger partial charge in [-0.15, -0.1) is 0 Å². The first-order chi connectivity index (χ1) is 8.96. The summed E-state index contributed by atoms with van der Waals surface area (Å²) >= 11 is 0. The molecule has 0 fully saturated rings. The molecule has 0 radical (unpaired) electrons. The van der Waals surface area contributed by atoms with Crippen molar-refractivity contribution in [2.75, 3.05) is 27.3 Å². The number of sulfonamides is 1. The van der Waals surface area contributed by atoms with Gasteiger partial charge in [-0.1, -0.05) is 0 Å². The summed E-state index contributed by atoms with van der Waals surface area (Å²) in [6.45, 7) is 0.490. The van der Waals surface area contributed by atoms with E-state index in [4.69, 9.17) is 15.2 Å². The molecule has 8 heteroatoms. The van der Waals surface area contributed by atoms with E-state index in [0.29, 0.717) is 13.0 Å². The first-order valence-electron chi connectivity index (χ1n) is 5.57. The second-order valence-corrected chi connectivity index (χ2v) is 5.41. The number of rotatable bonds is 7. The molecule has 0 heterocycles. The molecule has 0 aliphatic heterocycles. The van der Waals surface area contributed by atoms with Crippen LogP contribution in [0.4, 0.5) is 4.39 Å². The van der Waals surface area contributed by atoms with Crippen LogP contribution in [0.15, 0.2) is 17.0 Å². The van der Waals surface area contributed by atoms with Crippen LogP contribution in [-0.2, 0) is 10.0 Å². The van der Waals surface area contributed by atoms with Crippen LogP contribution in [0.5, 0.6) is 11.5 Å². The van der Waals surface area contributed by atoms with Gasteiger partial charge in [-0.25, -0.2) is 17.5 Å². The van der Waals surface area contributed by atoms with E-state index in [9.17, 15) is 12.8 Å². The summed E-state index contributed by atoms with van der Waals surface area (Å²) in [4.78, 5) is -0.484. The quantitative estimate of drug-likeness (QED) is 0.713. The normalized spacial score (nSPS) is 11.4.